The molecule has 0 amide bonds. The van der Waals surface area contributed by atoms with Crippen molar-refractivity contribution in [2.45, 2.75) is 12.5 Å². The van der Waals surface area contributed by atoms with Gasteiger partial charge in [-0.3, -0.25) is 0 Å². The minimum Gasteiger partial charge on any atom is -0.497 e. The van der Waals surface area contributed by atoms with Crippen LogP contribution in [-0.2, 0) is 6.54 Å². The molecule has 4 atom stereocenters. The lowest BCUT2D eigenvalue weighted by Gasteiger charge is -2.46. The standard InChI is InChI=1S/C26H23N5O/c1-32-20-9-7-19(8-10-20)24-23-15-31(14-18-5-3-2-4-6-18)12-11-21(23)22(13-27)25(30)26(24,16-28)17-29/h2-11,22-24,30H,12,14-15H2,1H3/p+1/t22-,23+,24-/m0/s1. The molecule has 6 heteroatoms. The maximum absolute atomic E-state index is 10.2. The van der Waals surface area contributed by atoms with Gasteiger partial charge >= 0.3 is 0 Å². The number of hydrogen-bond acceptors (Lipinski definition) is 5. The molecule has 2 aromatic rings. The van der Waals surface area contributed by atoms with Crippen molar-refractivity contribution >= 4 is 5.71 Å². The summed E-state index contributed by atoms with van der Waals surface area (Å²) in [6, 6.07) is 24.1. The van der Waals surface area contributed by atoms with Crippen molar-refractivity contribution in [2.75, 3.05) is 20.2 Å². The summed E-state index contributed by atoms with van der Waals surface area (Å²) in [4.78, 5) is 1.30. The van der Waals surface area contributed by atoms with Gasteiger partial charge in [0, 0.05) is 17.4 Å². The highest BCUT2D eigenvalue weighted by atomic mass is 16.5. The molecule has 2 aliphatic rings. The zero-order valence-electron chi connectivity index (χ0n) is 17.9. The Labute approximate surface area is 188 Å². The normalized spacial score (nSPS) is 25.9. The van der Waals surface area contributed by atoms with Crippen LogP contribution in [0.1, 0.15) is 17.0 Å². The number of benzene rings is 2. The summed E-state index contributed by atoms with van der Waals surface area (Å²) in [6.45, 7) is 2.25. The summed E-state index contributed by atoms with van der Waals surface area (Å²) < 4.78 is 5.28. The van der Waals surface area contributed by atoms with Crippen LogP contribution in [0.3, 0.4) is 0 Å². The lowest BCUT2D eigenvalue weighted by molar-refractivity contribution is -0.913. The van der Waals surface area contributed by atoms with Crippen LogP contribution in [0.4, 0.5) is 0 Å². The molecule has 6 nitrogen and oxygen atoms in total. The first kappa shape index (κ1) is 21.3. The molecule has 0 radical (unpaired) electrons. The van der Waals surface area contributed by atoms with Gasteiger partial charge < -0.3 is 15.0 Å². The van der Waals surface area contributed by atoms with Crippen LogP contribution in [0.5, 0.6) is 5.75 Å². The number of nitrogens with zero attached hydrogens (tertiary/aromatic N) is 3. The SMILES string of the molecule is COc1ccc([C@H]2[C@@H]3C[NH+](Cc4ccccc4)CC=C3[C@H](C#N)C(=N)C2(C#N)C#N)cc1. The van der Waals surface area contributed by atoms with Crippen LogP contribution in [0, 0.1) is 56.7 Å². The fourth-order valence-corrected chi connectivity index (χ4v) is 5.18. The smallest absolute Gasteiger partial charge is 0.189 e. The zero-order valence-corrected chi connectivity index (χ0v) is 17.9. The summed E-state index contributed by atoms with van der Waals surface area (Å²) in [5.74, 6) is -0.872. The van der Waals surface area contributed by atoms with Crippen molar-refractivity contribution in [1.82, 2.24) is 0 Å². The van der Waals surface area contributed by atoms with Crippen LogP contribution < -0.4 is 9.64 Å². The Morgan fingerprint density at radius 3 is 2.34 bits per heavy atom. The van der Waals surface area contributed by atoms with Crippen LogP contribution in [-0.4, -0.2) is 25.9 Å². The third kappa shape index (κ3) is 3.44. The Hall–Kier alpha value is -3.92. The number of ether oxygens (including phenoxy) is 1. The summed E-state index contributed by atoms with van der Waals surface area (Å²) in [6.07, 6.45) is 2.06. The number of methoxy groups -OCH3 is 1. The van der Waals surface area contributed by atoms with Crippen molar-refractivity contribution in [1.29, 1.82) is 21.2 Å². The Morgan fingerprint density at radius 2 is 1.75 bits per heavy atom. The van der Waals surface area contributed by atoms with Gasteiger partial charge in [-0.2, -0.15) is 15.8 Å². The molecule has 158 valence electrons. The molecule has 2 N–H and O–H groups in total. The molecular weight excluding hydrogens is 398 g/mol. The van der Waals surface area contributed by atoms with Crippen LogP contribution in [0.2, 0.25) is 0 Å². The molecule has 1 aliphatic carbocycles. The topological polar surface area (TPSA) is 109 Å². The molecule has 0 bridgehead atoms. The van der Waals surface area contributed by atoms with E-state index in [9.17, 15) is 15.8 Å². The van der Waals surface area contributed by atoms with Crippen molar-refractivity contribution < 1.29 is 9.64 Å². The fraction of sp³-hybridized carbons (Fsp3) is 0.308. The van der Waals surface area contributed by atoms with E-state index in [0.717, 1.165) is 24.2 Å². The number of nitrogens with one attached hydrogen (secondary N) is 2. The molecule has 0 spiro atoms. The second-order valence-corrected chi connectivity index (χ2v) is 8.39. The van der Waals surface area contributed by atoms with E-state index in [2.05, 4.69) is 36.4 Å². The van der Waals surface area contributed by atoms with Gasteiger partial charge in [0.15, 0.2) is 5.41 Å². The maximum Gasteiger partial charge on any atom is 0.189 e. The second-order valence-electron chi connectivity index (χ2n) is 8.39. The summed E-state index contributed by atoms with van der Waals surface area (Å²) in [5, 5.41) is 38.9. The highest BCUT2D eigenvalue weighted by molar-refractivity contribution is 6.00. The first-order chi connectivity index (χ1) is 15.6. The van der Waals surface area contributed by atoms with Gasteiger partial charge in [-0.15, -0.1) is 0 Å². The van der Waals surface area contributed by atoms with Crippen LogP contribution in [0.25, 0.3) is 0 Å². The number of quaternary nitrogens is 1. The van der Waals surface area contributed by atoms with E-state index in [1.54, 1.807) is 7.11 Å². The van der Waals surface area contributed by atoms with Gasteiger partial charge in [0.1, 0.15) is 18.2 Å². The Bertz CT molecular complexity index is 1150. The van der Waals surface area contributed by atoms with E-state index >= 15 is 0 Å². The predicted octanol–water partition coefficient (Wildman–Crippen LogP) is 2.63. The minimum absolute atomic E-state index is 0.111. The maximum atomic E-state index is 10.2. The lowest BCUT2D eigenvalue weighted by atomic mass is 9.54. The molecule has 0 aromatic heterocycles. The number of nitriles is 3. The average molecular weight is 423 g/mol. The summed E-state index contributed by atoms with van der Waals surface area (Å²) in [5.41, 5.74) is 1.10. The molecule has 4 rings (SSSR count). The third-order valence-electron chi connectivity index (χ3n) is 6.73. The van der Waals surface area contributed by atoms with E-state index in [1.165, 1.54) is 10.5 Å². The molecule has 1 saturated carbocycles. The Morgan fingerprint density at radius 1 is 1.06 bits per heavy atom. The first-order valence-electron chi connectivity index (χ1n) is 10.6. The monoisotopic (exact) mass is 422 g/mol. The van der Waals surface area contributed by atoms with E-state index < -0.39 is 17.3 Å². The molecule has 1 fully saturated rings. The molecule has 0 saturated heterocycles. The Balaban J connectivity index is 1.80. The summed E-state index contributed by atoms with van der Waals surface area (Å²) >= 11 is 0. The van der Waals surface area contributed by atoms with E-state index in [-0.39, 0.29) is 11.6 Å². The van der Waals surface area contributed by atoms with Gasteiger partial charge in [0.2, 0.25) is 0 Å². The second kappa shape index (κ2) is 8.67. The van der Waals surface area contributed by atoms with Crippen LogP contribution >= 0.6 is 0 Å². The largest absolute Gasteiger partial charge is 0.497 e. The molecular formula is C26H24N5O+. The van der Waals surface area contributed by atoms with E-state index in [0.29, 0.717) is 12.3 Å². The van der Waals surface area contributed by atoms with Crippen molar-refractivity contribution in [3.05, 3.63) is 77.4 Å². The van der Waals surface area contributed by atoms with Crippen LogP contribution in [0.15, 0.2) is 66.2 Å². The molecule has 32 heavy (non-hydrogen) atoms. The number of hydrogen-bond donors (Lipinski definition) is 2. The van der Waals surface area contributed by atoms with E-state index in [1.807, 2.05) is 42.5 Å². The highest BCUT2D eigenvalue weighted by Gasteiger charge is 2.58. The number of rotatable bonds is 4. The summed E-state index contributed by atoms with van der Waals surface area (Å²) in [7, 11) is 1.59. The molecule has 1 aliphatic heterocycles. The minimum atomic E-state index is -1.69. The first-order valence-corrected chi connectivity index (χ1v) is 10.6. The molecule has 1 unspecified atom stereocenters. The lowest BCUT2D eigenvalue weighted by Crippen LogP contribution is -3.12. The quantitative estimate of drug-likeness (QED) is 0.738. The van der Waals surface area contributed by atoms with E-state index in [4.69, 9.17) is 10.1 Å². The van der Waals surface area contributed by atoms with Crippen molar-refractivity contribution in [3.63, 3.8) is 0 Å². The fourth-order valence-electron chi connectivity index (χ4n) is 5.18. The van der Waals surface area contributed by atoms with Gasteiger partial charge in [-0.25, -0.2) is 0 Å². The van der Waals surface area contributed by atoms with Gasteiger partial charge in [0.05, 0.1) is 44.1 Å². The van der Waals surface area contributed by atoms with Crippen molar-refractivity contribution in [2.24, 2.45) is 17.3 Å². The van der Waals surface area contributed by atoms with Gasteiger partial charge in [0.25, 0.3) is 0 Å². The van der Waals surface area contributed by atoms with Crippen molar-refractivity contribution in [3.8, 4) is 24.0 Å². The highest BCUT2D eigenvalue weighted by Crippen LogP contribution is 2.52. The average Bonchev–Trinajstić information content (AvgIpc) is 2.84. The predicted molar refractivity (Wildman–Crippen MR) is 119 cm³/mol. The Kier molecular flexibility index (Phi) is 5.78. The zero-order chi connectivity index (χ0) is 22.7. The van der Waals surface area contributed by atoms with Gasteiger partial charge in [-0.1, -0.05) is 42.5 Å². The third-order valence-corrected chi connectivity index (χ3v) is 6.73. The molecule has 2 aromatic carbocycles. The molecule has 1 heterocycles. The number of fused-ring (bicyclic) bond motifs is 1. The van der Waals surface area contributed by atoms with Gasteiger partial charge in [-0.05, 0) is 29.3 Å².